The Labute approximate surface area is 216 Å². The van der Waals surface area contributed by atoms with Crippen LogP contribution < -0.4 is 14.8 Å². The first kappa shape index (κ1) is 26.6. The van der Waals surface area contributed by atoms with Gasteiger partial charge in [0.1, 0.15) is 0 Å². The lowest BCUT2D eigenvalue weighted by Gasteiger charge is -2.31. The normalized spacial score (nSPS) is 17.2. The van der Waals surface area contributed by atoms with Crippen LogP contribution in [0.25, 0.3) is 11.4 Å². The number of rotatable bonds is 9. The standard InChI is InChI=1S/C26H32N4O6S/c1-17(18-7-10-21(11-8-18)37(4,32)33)27-26(31)20-6-5-13-30(15-20)16-24-28-25(29-36-24)19-9-12-22(34-2)23(14-19)35-3/h7-12,14,17,20H,5-6,13,15-16H2,1-4H3,(H,27,31). The number of ether oxygens (including phenoxy) is 2. The summed E-state index contributed by atoms with van der Waals surface area (Å²) in [6, 6.07) is 11.8. The Morgan fingerprint density at radius 1 is 1.16 bits per heavy atom. The number of carbonyl (C=O) groups excluding carboxylic acids is 1. The first-order valence-corrected chi connectivity index (χ1v) is 13.9. The second-order valence-electron chi connectivity index (χ2n) is 9.23. The average Bonchev–Trinajstić information content (AvgIpc) is 3.36. The number of amides is 1. The minimum absolute atomic E-state index is 0.0269. The van der Waals surface area contributed by atoms with Gasteiger partial charge >= 0.3 is 0 Å². The molecule has 3 aromatic rings. The van der Waals surface area contributed by atoms with Crippen molar-refractivity contribution in [3.63, 3.8) is 0 Å². The molecule has 2 atom stereocenters. The van der Waals surface area contributed by atoms with E-state index in [1.165, 1.54) is 6.26 Å². The predicted octanol–water partition coefficient (Wildman–Crippen LogP) is 3.25. The Kier molecular flexibility index (Phi) is 8.13. The Hall–Kier alpha value is -3.44. The van der Waals surface area contributed by atoms with Gasteiger partial charge in [0.25, 0.3) is 0 Å². The van der Waals surface area contributed by atoms with Crippen LogP contribution >= 0.6 is 0 Å². The van der Waals surface area contributed by atoms with Crippen LogP contribution in [-0.4, -0.2) is 62.9 Å². The molecule has 1 N–H and O–H groups in total. The Balaban J connectivity index is 1.35. The zero-order valence-electron chi connectivity index (χ0n) is 21.4. The summed E-state index contributed by atoms with van der Waals surface area (Å²) in [6.45, 7) is 3.76. The van der Waals surface area contributed by atoms with Gasteiger partial charge in [0, 0.05) is 18.4 Å². The van der Waals surface area contributed by atoms with E-state index in [0.717, 1.165) is 30.5 Å². The molecule has 1 aromatic heterocycles. The zero-order valence-corrected chi connectivity index (χ0v) is 22.2. The van der Waals surface area contributed by atoms with Crippen molar-refractivity contribution in [2.24, 2.45) is 5.92 Å². The van der Waals surface area contributed by atoms with Crippen molar-refractivity contribution >= 4 is 15.7 Å². The van der Waals surface area contributed by atoms with Crippen LogP contribution in [-0.2, 0) is 21.2 Å². The molecule has 1 aliphatic rings. The van der Waals surface area contributed by atoms with Crippen molar-refractivity contribution in [3.05, 3.63) is 53.9 Å². The van der Waals surface area contributed by atoms with Gasteiger partial charge in [-0.25, -0.2) is 8.42 Å². The van der Waals surface area contributed by atoms with E-state index in [0.29, 0.717) is 36.3 Å². The molecule has 10 nitrogen and oxygen atoms in total. The quantitative estimate of drug-likeness (QED) is 0.446. The number of piperidine rings is 1. The number of hydrogen-bond donors (Lipinski definition) is 1. The molecular weight excluding hydrogens is 496 g/mol. The smallest absolute Gasteiger partial charge is 0.241 e. The molecular formula is C26H32N4O6S. The predicted molar refractivity (Wildman–Crippen MR) is 137 cm³/mol. The topological polar surface area (TPSA) is 124 Å². The number of hydrogen-bond acceptors (Lipinski definition) is 9. The van der Waals surface area contributed by atoms with Gasteiger partial charge in [0.2, 0.25) is 17.6 Å². The van der Waals surface area contributed by atoms with Gasteiger partial charge < -0.3 is 19.3 Å². The lowest BCUT2D eigenvalue weighted by molar-refractivity contribution is -0.127. The van der Waals surface area contributed by atoms with Gasteiger partial charge in [0.05, 0.1) is 37.6 Å². The van der Waals surface area contributed by atoms with Gasteiger partial charge in [-0.1, -0.05) is 17.3 Å². The highest BCUT2D eigenvalue weighted by Gasteiger charge is 2.28. The van der Waals surface area contributed by atoms with Crippen LogP contribution in [0.4, 0.5) is 0 Å². The molecule has 2 unspecified atom stereocenters. The molecule has 0 aliphatic carbocycles. The summed E-state index contributed by atoms with van der Waals surface area (Å²) in [7, 11) is -0.109. The molecule has 11 heteroatoms. The molecule has 1 fully saturated rings. The number of carbonyl (C=O) groups is 1. The fraction of sp³-hybridized carbons (Fsp3) is 0.423. The van der Waals surface area contributed by atoms with Crippen molar-refractivity contribution in [1.29, 1.82) is 0 Å². The molecule has 4 rings (SSSR count). The van der Waals surface area contributed by atoms with Gasteiger partial charge in [-0.05, 0) is 62.2 Å². The molecule has 198 valence electrons. The van der Waals surface area contributed by atoms with E-state index < -0.39 is 9.84 Å². The third kappa shape index (κ3) is 6.47. The fourth-order valence-electron chi connectivity index (χ4n) is 4.43. The summed E-state index contributed by atoms with van der Waals surface area (Å²) in [5, 5.41) is 7.17. The van der Waals surface area contributed by atoms with Gasteiger partial charge in [-0.2, -0.15) is 4.98 Å². The van der Waals surface area contributed by atoms with E-state index in [1.807, 2.05) is 13.0 Å². The van der Waals surface area contributed by atoms with Crippen molar-refractivity contribution in [3.8, 4) is 22.9 Å². The molecule has 0 bridgehead atoms. The molecule has 1 aliphatic heterocycles. The van der Waals surface area contributed by atoms with E-state index in [4.69, 9.17) is 14.0 Å². The summed E-state index contributed by atoms with van der Waals surface area (Å²) in [4.78, 5) is 19.9. The van der Waals surface area contributed by atoms with Crippen LogP contribution in [0.15, 0.2) is 51.9 Å². The minimum atomic E-state index is -3.26. The summed E-state index contributed by atoms with van der Waals surface area (Å²) in [6.07, 6.45) is 2.85. The number of methoxy groups -OCH3 is 2. The monoisotopic (exact) mass is 528 g/mol. The molecule has 2 aromatic carbocycles. The number of nitrogens with zero attached hydrogens (tertiary/aromatic N) is 3. The van der Waals surface area contributed by atoms with Crippen molar-refractivity contribution in [2.45, 2.75) is 37.2 Å². The maximum atomic E-state index is 13.0. The first-order valence-electron chi connectivity index (χ1n) is 12.1. The van der Waals surface area contributed by atoms with E-state index in [2.05, 4.69) is 20.4 Å². The van der Waals surface area contributed by atoms with Crippen LogP contribution in [0.5, 0.6) is 11.5 Å². The maximum absolute atomic E-state index is 13.0. The van der Waals surface area contributed by atoms with E-state index in [-0.39, 0.29) is 22.8 Å². The third-order valence-corrected chi connectivity index (χ3v) is 7.64. The average molecular weight is 529 g/mol. The number of nitrogens with one attached hydrogen (secondary N) is 1. The molecule has 37 heavy (non-hydrogen) atoms. The minimum Gasteiger partial charge on any atom is -0.493 e. The SMILES string of the molecule is COc1ccc(-c2noc(CN3CCCC(C(=O)NC(C)c4ccc(S(C)(=O)=O)cc4)C3)n2)cc1OC. The van der Waals surface area contributed by atoms with E-state index in [1.54, 1.807) is 50.6 Å². The first-order chi connectivity index (χ1) is 17.7. The van der Waals surface area contributed by atoms with Crippen LogP contribution in [0.1, 0.15) is 37.3 Å². The van der Waals surface area contributed by atoms with E-state index in [9.17, 15) is 13.2 Å². The highest BCUT2D eigenvalue weighted by Crippen LogP contribution is 2.31. The summed E-state index contributed by atoms with van der Waals surface area (Å²) >= 11 is 0. The van der Waals surface area contributed by atoms with Gasteiger partial charge in [-0.3, -0.25) is 9.69 Å². The highest BCUT2D eigenvalue weighted by molar-refractivity contribution is 7.90. The largest absolute Gasteiger partial charge is 0.493 e. The van der Waals surface area contributed by atoms with Crippen LogP contribution in [0.3, 0.4) is 0 Å². The third-order valence-electron chi connectivity index (χ3n) is 6.51. The molecule has 2 heterocycles. The number of benzene rings is 2. The molecule has 0 radical (unpaired) electrons. The van der Waals surface area contributed by atoms with E-state index >= 15 is 0 Å². The lowest BCUT2D eigenvalue weighted by atomic mass is 9.96. The Bertz CT molecular complexity index is 1340. The summed E-state index contributed by atoms with van der Waals surface area (Å²) < 4.78 is 39.5. The van der Waals surface area contributed by atoms with Crippen molar-refractivity contribution < 1.29 is 27.2 Å². The molecule has 1 amide bonds. The second kappa shape index (κ2) is 11.3. The number of sulfone groups is 1. The maximum Gasteiger partial charge on any atom is 0.241 e. The summed E-state index contributed by atoms with van der Waals surface area (Å²) in [5.41, 5.74) is 1.60. The Morgan fingerprint density at radius 2 is 1.89 bits per heavy atom. The zero-order chi connectivity index (χ0) is 26.6. The second-order valence-corrected chi connectivity index (χ2v) is 11.2. The van der Waals surface area contributed by atoms with Crippen molar-refractivity contribution in [2.75, 3.05) is 33.6 Å². The summed E-state index contributed by atoms with van der Waals surface area (Å²) in [5.74, 6) is 1.94. The number of aromatic nitrogens is 2. The van der Waals surface area contributed by atoms with Crippen molar-refractivity contribution in [1.82, 2.24) is 20.4 Å². The number of likely N-dealkylation sites (tertiary alicyclic amines) is 1. The van der Waals surface area contributed by atoms with Gasteiger partial charge in [0.15, 0.2) is 21.3 Å². The van der Waals surface area contributed by atoms with Crippen LogP contribution in [0, 0.1) is 5.92 Å². The van der Waals surface area contributed by atoms with Gasteiger partial charge in [-0.15, -0.1) is 0 Å². The highest BCUT2D eigenvalue weighted by atomic mass is 32.2. The lowest BCUT2D eigenvalue weighted by Crippen LogP contribution is -2.43. The van der Waals surface area contributed by atoms with Crippen LogP contribution in [0.2, 0.25) is 0 Å². The molecule has 0 spiro atoms. The Morgan fingerprint density at radius 3 is 2.57 bits per heavy atom. The molecule has 1 saturated heterocycles. The molecule has 0 saturated carbocycles. The fourth-order valence-corrected chi connectivity index (χ4v) is 5.06.